The normalized spacial score (nSPS) is 23.4. The first-order valence-corrected chi connectivity index (χ1v) is 29.1. The van der Waals surface area contributed by atoms with Gasteiger partial charge in [0.15, 0.2) is 0 Å². The van der Waals surface area contributed by atoms with Gasteiger partial charge >= 0.3 is 0 Å². The van der Waals surface area contributed by atoms with Gasteiger partial charge in [-0.3, -0.25) is 52.7 Å². The van der Waals surface area contributed by atoms with Crippen LogP contribution in [0.15, 0.2) is 42.5 Å². The Labute approximate surface area is 476 Å². The molecule has 0 spiro atoms. The number of hydrogen-bond acceptors (Lipinski definition) is 15. The molecule has 24 nitrogen and oxygen atoms in total. The molecule has 11 amide bonds. The number of aliphatic hydroxyl groups is 1. The molecule has 0 unspecified atom stereocenters. The van der Waals surface area contributed by atoms with E-state index in [0.717, 1.165) is 26.5 Å². The van der Waals surface area contributed by atoms with Crippen molar-refractivity contribution in [2.75, 3.05) is 50.8 Å². The SMILES string of the molecule is CCCCC(=O)N[C@H]1CSSC[C@@H](C(N)=O)NC(=O)CNC(=O)[C@H]([C@@H](C)CC)NC(=O)CN(C[C@@H](C)O)C(=O)[C@@H]2CCCN2C(=O)[C@H](Cc2ccc(Cl)cc2Cl)NC(=O)[C@H](Cc2ccc(O)cc2)NC(=O)CNC(=O)CNC1=O. The third-order valence-corrected chi connectivity index (χ3v) is 15.8. The monoisotopic (exact) mass is 1180 g/mol. The summed E-state index contributed by atoms with van der Waals surface area (Å²) in [5.41, 5.74) is 6.43. The molecule has 434 valence electrons. The topological polar surface area (TPSA) is 357 Å². The van der Waals surface area contributed by atoms with Gasteiger partial charge in [0.25, 0.3) is 0 Å². The van der Waals surface area contributed by atoms with E-state index in [1.165, 1.54) is 48.2 Å². The number of nitrogens with two attached hydrogens (primary N) is 1. The second-order valence-corrected chi connectivity index (χ2v) is 22.6. The molecule has 2 aromatic rings. The first-order chi connectivity index (χ1) is 37.5. The van der Waals surface area contributed by atoms with Crippen LogP contribution in [0, 0.1) is 5.92 Å². The standard InChI is InChI=1S/C51H71Cl2N11O13S2/c1-5-7-10-40(67)60-38-27-79-78-26-37(46(54)72)59-43(70)23-57-49(75)45(28(3)6-2)62-44(71)25-63(24-29(4)65)51(77)39-9-8-17-64(39)50(76)36(19-31-13-14-32(52)20-34(31)53)61-48(74)35(18-30-11-15-33(66)16-12-30)58-42(69)22-55-41(68)21-56-47(38)73/h11-16,20,28-29,35-39,45,65-66H,5-10,17-19,21-27H2,1-4H3,(H2,54,72)(H,55,68)(H,56,73)(H,57,75)(H,58,69)(H,59,70)(H,60,67)(H,61,74)(H,62,71)/t28-,29+,35-,36-,37-,38-,39-,45-/m0/s1. The van der Waals surface area contributed by atoms with Crippen LogP contribution in [0.1, 0.15) is 77.3 Å². The largest absolute Gasteiger partial charge is 0.508 e. The summed E-state index contributed by atoms with van der Waals surface area (Å²) in [6.07, 6.45) is 0.526. The fraction of sp³-hybridized carbons (Fsp3) is 0.549. The van der Waals surface area contributed by atoms with Crippen LogP contribution in [0.3, 0.4) is 0 Å². The molecule has 2 heterocycles. The molecule has 0 saturated carbocycles. The number of primary amides is 1. The molecule has 2 saturated heterocycles. The minimum atomic E-state index is -1.46. The predicted octanol–water partition coefficient (Wildman–Crippen LogP) is -0.426. The van der Waals surface area contributed by atoms with Crippen molar-refractivity contribution in [1.29, 1.82) is 0 Å². The van der Waals surface area contributed by atoms with E-state index in [9.17, 15) is 63.0 Å². The van der Waals surface area contributed by atoms with Crippen LogP contribution >= 0.6 is 44.8 Å². The number of fused-ring (bicyclic) bond motifs is 1. The van der Waals surface area contributed by atoms with Crippen molar-refractivity contribution < 1.29 is 63.0 Å². The van der Waals surface area contributed by atoms with Crippen LogP contribution in [-0.2, 0) is 65.6 Å². The van der Waals surface area contributed by atoms with E-state index in [-0.39, 0.29) is 66.1 Å². The summed E-state index contributed by atoms with van der Waals surface area (Å²) in [4.78, 5) is 152. The Hall–Kier alpha value is -6.35. The van der Waals surface area contributed by atoms with Gasteiger partial charge in [0.1, 0.15) is 42.0 Å². The lowest BCUT2D eigenvalue weighted by molar-refractivity contribution is -0.148. The molecule has 0 aromatic heterocycles. The van der Waals surface area contributed by atoms with Gasteiger partial charge in [0, 0.05) is 53.9 Å². The highest BCUT2D eigenvalue weighted by Crippen LogP contribution is 2.27. The average Bonchev–Trinajstić information content (AvgIpc) is 3.91. The van der Waals surface area contributed by atoms with Gasteiger partial charge in [-0.1, -0.05) is 96.6 Å². The van der Waals surface area contributed by atoms with Crippen molar-refractivity contribution in [3.05, 3.63) is 63.6 Å². The fourth-order valence-electron chi connectivity index (χ4n) is 8.31. The van der Waals surface area contributed by atoms with Crippen molar-refractivity contribution in [2.24, 2.45) is 11.7 Å². The summed E-state index contributed by atoms with van der Waals surface area (Å²) in [6.45, 7) is 3.71. The molecular weight excluding hydrogens is 1110 g/mol. The summed E-state index contributed by atoms with van der Waals surface area (Å²) < 4.78 is 0. The van der Waals surface area contributed by atoms with E-state index in [4.69, 9.17) is 28.9 Å². The molecular formula is C51H71Cl2N11O13S2. The number of phenolic OH excluding ortho intramolecular Hbond substituents is 1. The van der Waals surface area contributed by atoms with E-state index in [1.807, 2.05) is 6.92 Å². The maximum Gasteiger partial charge on any atom is 0.246 e. The number of nitrogens with one attached hydrogen (secondary N) is 8. The third kappa shape index (κ3) is 21.7. The van der Waals surface area contributed by atoms with Gasteiger partial charge in [-0.15, -0.1) is 0 Å². The Morgan fingerprint density at radius 1 is 0.772 bits per heavy atom. The highest BCUT2D eigenvalue weighted by molar-refractivity contribution is 8.76. The number of aromatic hydroxyl groups is 1. The smallest absolute Gasteiger partial charge is 0.246 e. The molecule has 2 aromatic carbocycles. The first kappa shape index (κ1) is 65.2. The van der Waals surface area contributed by atoms with Crippen molar-refractivity contribution in [1.82, 2.24) is 52.3 Å². The van der Waals surface area contributed by atoms with Crippen molar-refractivity contribution >= 4 is 110 Å². The summed E-state index contributed by atoms with van der Waals surface area (Å²) >= 11 is 12.8. The quantitative estimate of drug-likeness (QED) is 0.113. The molecule has 4 rings (SSSR count). The number of halogens is 2. The second-order valence-electron chi connectivity index (χ2n) is 19.2. The molecule has 79 heavy (non-hydrogen) atoms. The number of rotatable bonds is 13. The summed E-state index contributed by atoms with van der Waals surface area (Å²) in [7, 11) is 2.08. The number of β-amino-alcohol motifs (C(OH)–C–C–N with tert-alkyl or cyclic N) is 1. The van der Waals surface area contributed by atoms with Crippen LogP contribution in [0.25, 0.3) is 0 Å². The number of carbonyl (C=O) groups excluding carboxylic acids is 11. The van der Waals surface area contributed by atoms with Crippen LogP contribution < -0.4 is 48.3 Å². The lowest BCUT2D eigenvalue weighted by Crippen LogP contribution is -2.59. The van der Waals surface area contributed by atoms with Crippen LogP contribution in [0.4, 0.5) is 0 Å². The van der Waals surface area contributed by atoms with Crippen LogP contribution in [0.2, 0.25) is 10.0 Å². The molecule has 0 radical (unpaired) electrons. The number of aliphatic hydroxyl groups excluding tert-OH is 1. The maximum absolute atomic E-state index is 14.9. The average molecular weight is 1180 g/mol. The van der Waals surface area contributed by atoms with Crippen molar-refractivity contribution in [3.8, 4) is 5.75 Å². The van der Waals surface area contributed by atoms with Gasteiger partial charge < -0.3 is 68.3 Å². The minimum Gasteiger partial charge on any atom is -0.508 e. The van der Waals surface area contributed by atoms with E-state index >= 15 is 0 Å². The number of nitrogens with zero attached hydrogens (tertiary/aromatic N) is 2. The van der Waals surface area contributed by atoms with Gasteiger partial charge in [0.05, 0.1) is 32.3 Å². The number of unbranched alkanes of at least 4 members (excludes halogenated alkanes) is 1. The molecule has 0 bridgehead atoms. The fourth-order valence-corrected chi connectivity index (χ4v) is 11.1. The van der Waals surface area contributed by atoms with Crippen molar-refractivity contribution in [2.45, 2.75) is 121 Å². The lowest BCUT2D eigenvalue weighted by atomic mass is 9.98. The molecule has 2 aliphatic heterocycles. The summed E-state index contributed by atoms with van der Waals surface area (Å²) in [5.74, 6) is -9.34. The highest BCUT2D eigenvalue weighted by atomic mass is 35.5. The second kappa shape index (κ2) is 32.7. The minimum absolute atomic E-state index is 0.0224. The Morgan fingerprint density at radius 2 is 1.43 bits per heavy atom. The van der Waals surface area contributed by atoms with E-state index < -0.39 is 139 Å². The highest BCUT2D eigenvalue weighted by Gasteiger charge is 2.41. The molecule has 8 atom stereocenters. The van der Waals surface area contributed by atoms with Crippen molar-refractivity contribution in [3.63, 3.8) is 0 Å². The Balaban J connectivity index is 1.72. The Morgan fingerprint density at radius 3 is 2.09 bits per heavy atom. The maximum atomic E-state index is 14.9. The van der Waals surface area contributed by atoms with Crippen LogP contribution in [-0.4, -0.2) is 178 Å². The number of benzene rings is 2. The van der Waals surface area contributed by atoms with E-state index in [2.05, 4.69) is 42.5 Å². The molecule has 2 aliphatic rings. The van der Waals surface area contributed by atoms with Gasteiger partial charge in [-0.05, 0) is 67.5 Å². The van der Waals surface area contributed by atoms with Gasteiger partial charge in [0.2, 0.25) is 65.0 Å². The summed E-state index contributed by atoms with van der Waals surface area (Å²) in [6, 6.07) is 2.47. The molecule has 12 N–H and O–H groups in total. The zero-order valence-electron chi connectivity index (χ0n) is 44.4. The number of carbonyl (C=O) groups is 11. The Kier molecular flexibility index (Phi) is 26.9. The predicted molar refractivity (Wildman–Crippen MR) is 297 cm³/mol. The van der Waals surface area contributed by atoms with Gasteiger partial charge in [-0.25, -0.2) is 0 Å². The molecule has 28 heteroatoms. The molecule has 2 fully saturated rings. The first-order valence-electron chi connectivity index (χ1n) is 25.8. The van der Waals surface area contributed by atoms with Gasteiger partial charge in [-0.2, -0.15) is 0 Å². The zero-order chi connectivity index (χ0) is 58.3. The lowest BCUT2D eigenvalue weighted by Gasteiger charge is -2.33. The number of hydrogen-bond donors (Lipinski definition) is 11. The zero-order valence-corrected chi connectivity index (χ0v) is 47.5. The Bertz CT molecular complexity index is 2510. The third-order valence-electron chi connectivity index (χ3n) is 12.8. The van der Waals surface area contributed by atoms with E-state index in [1.54, 1.807) is 19.9 Å². The summed E-state index contributed by atoms with van der Waals surface area (Å²) in [5, 5.41) is 41.3. The number of amides is 11. The van der Waals surface area contributed by atoms with E-state index in [0.29, 0.717) is 36.8 Å². The van der Waals surface area contributed by atoms with Crippen LogP contribution in [0.5, 0.6) is 5.75 Å². The number of phenols is 1. The molecule has 0 aliphatic carbocycles.